The first-order valence-corrected chi connectivity index (χ1v) is 14.5. The maximum Gasteiger partial charge on any atom is 0.0998 e. The lowest BCUT2D eigenvalue weighted by Gasteiger charge is -2.13. The van der Waals surface area contributed by atoms with E-state index in [1.807, 2.05) is 66.7 Å². The number of fused-ring (bicyclic) bond motifs is 3. The van der Waals surface area contributed by atoms with E-state index in [9.17, 15) is 26.3 Å². The smallest absolute Gasteiger partial charge is 0.0998 e. The van der Waals surface area contributed by atoms with Crippen LogP contribution in [0.15, 0.2) is 116 Å². The Morgan fingerprint density at radius 2 is 0.915 bits per heavy atom. The summed E-state index contributed by atoms with van der Waals surface area (Å²) in [5.41, 5.74) is 9.35. The topological polar surface area (TPSA) is 137 Å². The second kappa shape index (κ2) is 11.5. The number of pyridine rings is 1. The minimum atomic E-state index is 0.394. The van der Waals surface area contributed by atoms with Crippen molar-refractivity contribution in [2.75, 3.05) is 0 Å². The molecule has 2 heterocycles. The number of benzene rings is 5. The molecule has 47 heavy (non-hydrogen) atoms. The number of nitrogens with zero attached hydrogens (tertiary/aromatic N) is 7. The molecule has 0 saturated carbocycles. The summed E-state index contributed by atoms with van der Waals surface area (Å²) in [6.45, 7) is 0. The summed E-state index contributed by atoms with van der Waals surface area (Å²) in [6, 6.07) is 42.7. The zero-order valence-corrected chi connectivity index (χ0v) is 24.6. The van der Waals surface area contributed by atoms with Crippen LogP contribution in [-0.2, 0) is 0 Å². The molecule has 0 aliphatic heterocycles. The van der Waals surface area contributed by atoms with Crippen LogP contribution >= 0.6 is 0 Å². The van der Waals surface area contributed by atoms with E-state index in [-0.39, 0.29) is 0 Å². The van der Waals surface area contributed by atoms with Crippen molar-refractivity contribution in [3.05, 3.63) is 143 Å². The normalized spacial score (nSPS) is 10.4. The van der Waals surface area contributed by atoms with Gasteiger partial charge in [-0.05, 0) is 106 Å². The minimum absolute atomic E-state index is 0.394. The fraction of sp³-hybridized carbons (Fsp3) is 0. The van der Waals surface area contributed by atoms with Gasteiger partial charge in [0.2, 0.25) is 0 Å². The Morgan fingerprint density at radius 3 is 1.36 bits per heavy atom. The van der Waals surface area contributed by atoms with Gasteiger partial charge in [-0.2, -0.15) is 26.3 Å². The average molecular weight is 598 g/mol. The molecule has 0 radical (unpaired) electrons. The van der Waals surface area contributed by atoms with Gasteiger partial charge >= 0.3 is 0 Å². The van der Waals surface area contributed by atoms with Crippen molar-refractivity contribution >= 4 is 21.8 Å². The van der Waals surface area contributed by atoms with Gasteiger partial charge in [-0.25, -0.2) is 0 Å². The predicted molar refractivity (Wildman–Crippen MR) is 178 cm³/mol. The summed E-state index contributed by atoms with van der Waals surface area (Å²) >= 11 is 0. The third-order valence-corrected chi connectivity index (χ3v) is 8.19. The highest BCUT2D eigenvalue weighted by Crippen LogP contribution is 2.38. The van der Waals surface area contributed by atoms with Gasteiger partial charge < -0.3 is 4.57 Å². The zero-order valence-electron chi connectivity index (χ0n) is 24.6. The molecule has 7 nitrogen and oxygen atoms in total. The Hall–Kier alpha value is -7.50. The molecule has 7 rings (SSSR count). The molecule has 0 atom stereocenters. The highest BCUT2D eigenvalue weighted by molar-refractivity contribution is 6.11. The number of rotatable bonds is 4. The lowest BCUT2D eigenvalue weighted by atomic mass is 9.98. The van der Waals surface area contributed by atoms with Gasteiger partial charge in [-0.1, -0.05) is 30.3 Å². The quantitative estimate of drug-likeness (QED) is 0.199. The van der Waals surface area contributed by atoms with Crippen LogP contribution < -0.4 is 0 Å². The van der Waals surface area contributed by atoms with Crippen molar-refractivity contribution < 1.29 is 0 Å². The predicted octanol–water partition coefficient (Wildman–Crippen LogP) is 8.54. The van der Waals surface area contributed by atoms with Crippen molar-refractivity contribution in [1.29, 1.82) is 26.3 Å². The van der Waals surface area contributed by atoms with Crippen molar-refractivity contribution in [2.45, 2.75) is 0 Å². The lowest BCUT2D eigenvalue weighted by Crippen LogP contribution is -1.97. The van der Waals surface area contributed by atoms with Crippen LogP contribution in [0.5, 0.6) is 0 Å². The van der Waals surface area contributed by atoms with Crippen molar-refractivity contribution in [2.24, 2.45) is 0 Å². The fourth-order valence-corrected chi connectivity index (χ4v) is 6.05. The largest absolute Gasteiger partial charge is 0.309 e. The first-order chi connectivity index (χ1) is 23.0. The zero-order chi connectivity index (χ0) is 32.5. The molecule has 0 spiro atoms. The van der Waals surface area contributed by atoms with Gasteiger partial charge in [-0.15, -0.1) is 0 Å². The van der Waals surface area contributed by atoms with E-state index < -0.39 is 0 Å². The van der Waals surface area contributed by atoms with Crippen LogP contribution in [0.4, 0.5) is 0 Å². The Labute approximate surface area is 269 Å². The molecular formula is C40H19N7. The van der Waals surface area contributed by atoms with Gasteiger partial charge in [0.25, 0.3) is 0 Å². The van der Waals surface area contributed by atoms with Crippen molar-refractivity contribution in [1.82, 2.24) is 9.55 Å². The third kappa shape index (κ3) is 4.98. The standard InChI is InChI=1S/C40H19N7/c41-20-25-11-26(21-42)14-32(13-25)30-1-4-37-38-5-2-31(33-15-27(22-43)12-28(16-33)23-44)19-40(38)47(39(37)18-30)35-3-6-36(34(17-35)24-45)29-7-9-46-10-8-29/h1-19H. The SMILES string of the molecule is N#Cc1cc(C#N)cc(-c2ccc3c4ccc(-c5cc(C#N)cc(C#N)c5)cc4n(-c4ccc(-c5ccncc5)c(C#N)c4)c3c2)c1. The number of hydrogen-bond donors (Lipinski definition) is 0. The Morgan fingerprint density at radius 1 is 0.426 bits per heavy atom. The van der Waals surface area contributed by atoms with Gasteiger partial charge in [-0.3, -0.25) is 4.98 Å². The van der Waals surface area contributed by atoms with E-state index in [0.29, 0.717) is 27.8 Å². The van der Waals surface area contributed by atoms with Gasteiger partial charge in [0.1, 0.15) is 0 Å². The molecule has 0 unspecified atom stereocenters. The molecular weight excluding hydrogens is 578 g/mol. The second-order valence-electron chi connectivity index (χ2n) is 10.9. The molecule has 7 aromatic rings. The molecule has 0 fully saturated rings. The summed E-state index contributed by atoms with van der Waals surface area (Å²) in [6.07, 6.45) is 3.39. The van der Waals surface area contributed by atoms with Crippen molar-refractivity contribution in [3.8, 4) is 69.4 Å². The van der Waals surface area contributed by atoms with Gasteiger partial charge in [0, 0.05) is 28.9 Å². The summed E-state index contributed by atoms with van der Waals surface area (Å²) in [4.78, 5) is 4.10. The molecule has 5 aromatic carbocycles. The maximum absolute atomic E-state index is 10.2. The summed E-state index contributed by atoms with van der Waals surface area (Å²) in [5.74, 6) is 0. The van der Waals surface area contributed by atoms with Crippen molar-refractivity contribution in [3.63, 3.8) is 0 Å². The number of nitriles is 5. The van der Waals surface area contributed by atoms with Gasteiger partial charge in [0.05, 0.1) is 69.2 Å². The van der Waals surface area contributed by atoms with Crippen LogP contribution in [0.25, 0.3) is 60.9 Å². The summed E-state index contributed by atoms with van der Waals surface area (Å²) in [7, 11) is 0. The van der Waals surface area contributed by atoms with Crippen LogP contribution in [0, 0.1) is 56.7 Å². The second-order valence-corrected chi connectivity index (χ2v) is 10.9. The first-order valence-electron chi connectivity index (χ1n) is 14.5. The summed E-state index contributed by atoms with van der Waals surface area (Å²) < 4.78 is 2.09. The van der Waals surface area contributed by atoms with E-state index in [4.69, 9.17) is 0 Å². The maximum atomic E-state index is 10.2. The van der Waals surface area contributed by atoms with E-state index in [1.165, 1.54) is 0 Å². The Bertz CT molecular complexity index is 2430. The van der Waals surface area contributed by atoms with Crippen LogP contribution in [0.1, 0.15) is 27.8 Å². The van der Waals surface area contributed by atoms with Crippen LogP contribution in [0.3, 0.4) is 0 Å². The molecule has 0 bridgehead atoms. The van der Waals surface area contributed by atoms with Crippen LogP contribution in [0.2, 0.25) is 0 Å². The number of aromatic nitrogens is 2. The fourth-order valence-electron chi connectivity index (χ4n) is 6.05. The highest BCUT2D eigenvalue weighted by Gasteiger charge is 2.17. The molecule has 0 amide bonds. The monoisotopic (exact) mass is 597 g/mol. The van der Waals surface area contributed by atoms with Crippen LogP contribution in [-0.4, -0.2) is 9.55 Å². The first kappa shape index (κ1) is 28.3. The van der Waals surface area contributed by atoms with E-state index in [2.05, 4.69) is 39.9 Å². The Kier molecular flexibility index (Phi) is 6.94. The van der Waals surface area contributed by atoms with E-state index >= 15 is 0 Å². The molecule has 0 aliphatic carbocycles. The highest BCUT2D eigenvalue weighted by atomic mass is 15.0. The molecule has 0 saturated heterocycles. The van der Waals surface area contributed by atoms with Gasteiger partial charge in [0.15, 0.2) is 0 Å². The third-order valence-electron chi connectivity index (χ3n) is 8.19. The molecule has 0 N–H and O–H groups in total. The average Bonchev–Trinajstić information content (AvgIpc) is 3.47. The number of hydrogen-bond acceptors (Lipinski definition) is 6. The Balaban J connectivity index is 1.52. The molecule has 0 aliphatic rings. The summed E-state index contributed by atoms with van der Waals surface area (Å²) in [5, 5.41) is 50.6. The van der Waals surface area contributed by atoms with E-state index in [0.717, 1.165) is 60.9 Å². The lowest BCUT2D eigenvalue weighted by molar-refractivity contribution is 1.18. The molecule has 214 valence electrons. The van der Waals surface area contributed by atoms with E-state index in [1.54, 1.807) is 48.8 Å². The molecule has 2 aromatic heterocycles. The minimum Gasteiger partial charge on any atom is -0.309 e. The molecule has 7 heteroatoms.